The summed E-state index contributed by atoms with van der Waals surface area (Å²) in [6.07, 6.45) is 4.18. The number of hydrogen-bond donors (Lipinski definition) is 1. The highest BCUT2D eigenvalue weighted by atomic mass is 35.5. The number of primary amides is 1. The smallest absolute Gasteiger partial charge is 0.248 e. The van der Waals surface area contributed by atoms with Crippen molar-refractivity contribution >= 4 is 40.3 Å². The standard InChI is InChI=1S/C31H31Cl2FN2O2/c32-23-8-12-27(29(33)18-23)28-4-1-3-21-17-22(31(35)37)7-11-26(21)30(28)20-5-9-24(10-6-20)38-25-13-16-36(19-25)15-2-14-34/h5-12,17-18,25H,1-4,13-16,19H2,(H2,35,37)/t25-/m0/s1. The lowest BCUT2D eigenvalue weighted by Gasteiger charge is -2.19. The first-order valence-electron chi connectivity index (χ1n) is 13.1. The van der Waals surface area contributed by atoms with Crippen LogP contribution in [0.15, 0.2) is 60.7 Å². The lowest BCUT2D eigenvalue weighted by molar-refractivity contribution is 0.1000. The van der Waals surface area contributed by atoms with E-state index in [0.717, 1.165) is 84.5 Å². The first-order valence-corrected chi connectivity index (χ1v) is 13.9. The number of amides is 1. The molecule has 2 aliphatic rings. The van der Waals surface area contributed by atoms with Gasteiger partial charge in [-0.15, -0.1) is 0 Å². The van der Waals surface area contributed by atoms with Crippen molar-refractivity contribution in [2.45, 2.75) is 38.2 Å². The summed E-state index contributed by atoms with van der Waals surface area (Å²) in [6, 6.07) is 19.5. The third-order valence-corrected chi connectivity index (χ3v) is 7.92. The number of fused-ring (bicyclic) bond motifs is 1. The molecule has 5 rings (SSSR count). The highest BCUT2D eigenvalue weighted by Gasteiger charge is 2.25. The van der Waals surface area contributed by atoms with E-state index in [2.05, 4.69) is 17.0 Å². The Morgan fingerprint density at radius 3 is 2.55 bits per heavy atom. The van der Waals surface area contributed by atoms with Crippen LogP contribution in [-0.4, -0.2) is 43.2 Å². The van der Waals surface area contributed by atoms with Gasteiger partial charge < -0.3 is 10.5 Å². The second kappa shape index (κ2) is 11.9. The lowest BCUT2D eigenvalue weighted by atomic mass is 9.87. The molecule has 1 atom stereocenters. The van der Waals surface area contributed by atoms with Crippen molar-refractivity contribution < 1.29 is 13.9 Å². The van der Waals surface area contributed by atoms with E-state index in [9.17, 15) is 9.18 Å². The van der Waals surface area contributed by atoms with Crippen LogP contribution in [-0.2, 0) is 6.42 Å². The fourth-order valence-electron chi connectivity index (χ4n) is 5.55. The molecule has 7 heteroatoms. The van der Waals surface area contributed by atoms with Crippen molar-refractivity contribution in [3.05, 3.63) is 98.5 Å². The first-order chi connectivity index (χ1) is 18.4. The minimum Gasteiger partial charge on any atom is -0.489 e. The van der Waals surface area contributed by atoms with E-state index in [1.807, 2.05) is 36.4 Å². The van der Waals surface area contributed by atoms with Crippen molar-refractivity contribution in [3.63, 3.8) is 0 Å². The number of carbonyl (C=O) groups excluding carboxylic acids is 1. The fraction of sp³-hybridized carbons (Fsp3) is 0.323. The number of benzene rings is 3. The topological polar surface area (TPSA) is 55.6 Å². The molecule has 0 aromatic heterocycles. The van der Waals surface area contributed by atoms with Crippen LogP contribution in [0.3, 0.4) is 0 Å². The average Bonchev–Trinajstić information content (AvgIpc) is 3.26. The number of likely N-dealkylation sites (tertiary alicyclic amines) is 1. The number of rotatable bonds is 8. The monoisotopic (exact) mass is 552 g/mol. The van der Waals surface area contributed by atoms with Crippen molar-refractivity contribution in [2.75, 3.05) is 26.3 Å². The summed E-state index contributed by atoms with van der Waals surface area (Å²) in [5.41, 5.74) is 12.5. The van der Waals surface area contributed by atoms with Gasteiger partial charge in [0.2, 0.25) is 5.91 Å². The van der Waals surface area contributed by atoms with E-state index < -0.39 is 5.91 Å². The molecular weight excluding hydrogens is 522 g/mol. The lowest BCUT2D eigenvalue weighted by Crippen LogP contribution is -2.26. The number of nitrogens with zero attached hydrogens (tertiary/aromatic N) is 1. The van der Waals surface area contributed by atoms with Gasteiger partial charge in [0.25, 0.3) is 0 Å². The van der Waals surface area contributed by atoms with Crippen LogP contribution in [0.5, 0.6) is 5.75 Å². The molecule has 1 fully saturated rings. The molecule has 1 aliphatic carbocycles. The summed E-state index contributed by atoms with van der Waals surface area (Å²) in [5.74, 6) is 0.385. The van der Waals surface area contributed by atoms with E-state index in [-0.39, 0.29) is 12.8 Å². The number of alkyl halides is 1. The average molecular weight is 554 g/mol. The zero-order valence-corrected chi connectivity index (χ0v) is 22.7. The van der Waals surface area contributed by atoms with E-state index in [0.29, 0.717) is 22.0 Å². The molecule has 38 heavy (non-hydrogen) atoms. The Hall–Kier alpha value is -2.86. The van der Waals surface area contributed by atoms with Gasteiger partial charge in [-0.25, -0.2) is 0 Å². The highest BCUT2D eigenvalue weighted by Crippen LogP contribution is 2.42. The zero-order chi connectivity index (χ0) is 26.6. The molecule has 0 saturated carbocycles. The quantitative estimate of drug-likeness (QED) is 0.321. The van der Waals surface area contributed by atoms with Crippen molar-refractivity contribution in [1.82, 2.24) is 4.90 Å². The molecule has 0 radical (unpaired) electrons. The van der Waals surface area contributed by atoms with Gasteiger partial charge in [0.15, 0.2) is 0 Å². The second-order valence-electron chi connectivity index (χ2n) is 9.96. The Bertz CT molecular complexity index is 1360. The highest BCUT2D eigenvalue weighted by molar-refractivity contribution is 6.36. The summed E-state index contributed by atoms with van der Waals surface area (Å²) in [6.45, 7) is 2.25. The van der Waals surface area contributed by atoms with Crippen LogP contribution in [0.1, 0.15) is 58.3 Å². The first kappa shape index (κ1) is 26.7. The van der Waals surface area contributed by atoms with Gasteiger partial charge >= 0.3 is 0 Å². The molecule has 3 aromatic carbocycles. The van der Waals surface area contributed by atoms with Crippen LogP contribution < -0.4 is 10.5 Å². The normalized spacial score (nSPS) is 17.8. The van der Waals surface area contributed by atoms with Gasteiger partial charge in [0, 0.05) is 35.2 Å². The molecule has 0 spiro atoms. The SMILES string of the molecule is NC(=O)c1ccc2c(c1)CCCC(c1ccc(Cl)cc1Cl)=C2c1ccc(O[C@H]2CCN(CCCF)C2)cc1. The number of nitrogens with two attached hydrogens (primary N) is 1. The van der Waals surface area contributed by atoms with Crippen LogP contribution in [0, 0.1) is 0 Å². The predicted octanol–water partition coefficient (Wildman–Crippen LogP) is 7.20. The maximum atomic E-state index is 12.5. The molecule has 4 nitrogen and oxygen atoms in total. The Morgan fingerprint density at radius 1 is 1.03 bits per heavy atom. The van der Waals surface area contributed by atoms with E-state index in [1.165, 1.54) is 0 Å². The van der Waals surface area contributed by atoms with Crippen molar-refractivity contribution in [3.8, 4) is 5.75 Å². The summed E-state index contributed by atoms with van der Waals surface area (Å²) < 4.78 is 18.8. The second-order valence-corrected chi connectivity index (χ2v) is 10.8. The van der Waals surface area contributed by atoms with Gasteiger partial charge in [0.1, 0.15) is 11.9 Å². The van der Waals surface area contributed by atoms with E-state index in [4.69, 9.17) is 33.7 Å². The molecule has 1 heterocycles. The van der Waals surface area contributed by atoms with Crippen molar-refractivity contribution in [1.29, 1.82) is 0 Å². The van der Waals surface area contributed by atoms with E-state index in [1.54, 1.807) is 12.1 Å². The molecular formula is C31H31Cl2FN2O2. The van der Waals surface area contributed by atoms with Gasteiger partial charge in [0.05, 0.1) is 6.67 Å². The molecule has 2 N–H and O–H groups in total. The number of halogens is 3. The Balaban J connectivity index is 1.51. The maximum absolute atomic E-state index is 12.5. The third-order valence-electron chi connectivity index (χ3n) is 7.37. The molecule has 1 saturated heterocycles. The molecule has 198 valence electrons. The zero-order valence-electron chi connectivity index (χ0n) is 21.2. The van der Waals surface area contributed by atoms with Gasteiger partial charge in [-0.3, -0.25) is 14.1 Å². The summed E-state index contributed by atoms with van der Waals surface area (Å²) in [7, 11) is 0. The molecule has 1 aliphatic heterocycles. The Kier molecular flexibility index (Phi) is 8.37. The summed E-state index contributed by atoms with van der Waals surface area (Å²) in [5, 5.41) is 1.21. The molecule has 0 bridgehead atoms. The van der Waals surface area contributed by atoms with Crippen molar-refractivity contribution in [2.24, 2.45) is 5.73 Å². The molecule has 1 amide bonds. The Labute approximate surface area is 233 Å². The minimum atomic E-state index is -0.430. The maximum Gasteiger partial charge on any atom is 0.248 e. The number of allylic oxidation sites excluding steroid dienone is 1. The van der Waals surface area contributed by atoms with Crippen LogP contribution in [0.25, 0.3) is 11.1 Å². The van der Waals surface area contributed by atoms with Crippen LogP contribution in [0.2, 0.25) is 10.0 Å². The fourth-order valence-corrected chi connectivity index (χ4v) is 6.07. The Morgan fingerprint density at radius 2 is 1.82 bits per heavy atom. The van der Waals surface area contributed by atoms with Gasteiger partial charge in [-0.05, 0) is 102 Å². The van der Waals surface area contributed by atoms with Crippen LogP contribution >= 0.6 is 23.2 Å². The summed E-state index contributed by atoms with van der Waals surface area (Å²) >= 11 is 12.9. The predicted molar refractivity (Wildman–Crippen MR) is 153 cm³/mol. The third kappa shape index (κ3) is 5.90. The number of ether oxygens (including phenoxy) is 1. The number of carbonyl (C=O) groups is 1. The molecule has 3 aromatic rings. The minimum absolute atomic E-state index is 0.105. The van der Waals surface area contributed by atoms with Gasteiger partial charge in [-0.1, -0.05) is 47.5 Å². The van der Waals surface area contributed by atoms with Crippen LogP contribution in [0.4, 0.5) is 4.39 Å². The number of aryl methyl sites for hydroxylation is 1. The largest absolute Gasteiger partial charge is 0.489 e. The molecule has 0 unspecified atom stereocenters. The number of hydrogen-bond acceptors (Lipinski definition) is 3. The van der Waals surface area contributed by atoms with Gasteiger partial charge in [-0.2, -0.15) is 0 Å². The van der Waals surface area contributed by atoms with E-state index >= 15 is 0 Å². The summed E-state index contributed by atoms with van der Waals surface area (Å²) in [4.78, 5) is 14.1.